The Labute approximate surface area is 151 Å². The number of ether oxygens (including phenoxy) is 2. The third kappa shape index (κ3) is 7.13. The van der Waals surface area contributed by atoms with Crippen LogP contribution in [0.2, 0.25) is 0 Å². The molecule has 22 heavy (non-hydrogen) atoms. The molecule has 0 spiro atoms. The summed E-state index contributed by atoms with van der Waals surface area (Å²) in [5.41, 5.74) is 0. The van der Waals surface area contributed by atoms with E-state index >= 15 is 0 Å². The van der Waals surface area contributed by atoms with Gasteiger partial charge in [-0.3, -0.25) is 9.79 Å². The van der Waals surface area contributed by atoms with Crippen molar-refractivity contribution in [2.75, 3.05) is 39.9 Å². The summed E-state index contributed by atoms with van der Waals surface area (Å²) >= 11 is 0. The summed E-state index contributed by atoms with van der Waals surface area (Å²) in [5.74, 6) is 0.442. The predicted octanol–water partition coefficient (Wildman–Crippen LogP) is 1.88. The molecule has 0 aromatic rings. The summed E-state index contributed by atoms with van der Waals surface area (Å²) in [4.78, 5) is 18.2. The number of methoxy groups -OCH3 is 1. The lowest BCUT2D eigenvalue weighted by atomic mass is 10.1. The van der Waals surface area contributed by atoms with Gasteiger partial charge in [-0.15, -0.1) is 24.0 Å². The standard InChI is InChI=1S/C15H29N3O3.HI/c1-5-16-15(17-11-12(3)14(19)20-4)18-9-7-13(8-10-18)21-6-2;/h12-13H,5-11H2,1-4H3,(H,16,17);1H. The molecule has 1 saturated heterocycles. The van der Waals surface area contributed by atoms with E-state index in [-0.39, 0.29) is 35.9 Å². The van der Waals surface area contributed by atoms with Gasteiger partial charge in [0, 0.05) is 26.2 Å². The predicted molar refractivity (Wildman–Crippen MR) is 98.8 cm³/mol. The number of likely N-dealkylation sites (tertiary alicyclic amines) is 1. The number of guanidine groups is 1. The number of hydrogen-bond acceptors (Lipinski definition) is 4. The van der Waals surface area contributed by atoms with Gasteiger partial charge in [0.05, 0.1) is 25.7 Å². The fraction of sp³-hybridized carbons (Fsp3) is 0.867. The van der Waals surface area contributed by atoms with Crippen molar-refractivity contribution < 1.29 is 14.3 Å². The number of rotatable bonds is 6. The van der Waals surface area contributed by atoms with Crippen LogP contribution in [0, 0.1) is 5.92 Å². The summed E-state index contributed by atoms with van der Waals surface area (Å²) in [6.07, 6.45) is 2.40. The minimum atomic E-state index is -0.218. The molecule has 0 radical (unpaired) electrons. The Morgan fingerprint density at radius 2 is 2.00 bits per heavy atom. The molecular formula is C15H30IN3O3. The van der Waals surface area contributed by atoms with Gasteiger partial charge in [-0.2, -0.15) is 0 Å². The first-order valence-corrected chi connectivity index (χ1v) is 7.85. The molecule has 1 aliphatic rings. The van der Waals surface area contributed by atoms with Crippen LogP contribution in [0.3, 0.4) is 0 Å². The van der Waals surface area contributed by atoms with Crippen molar-refractivity contribution in [2.24, 2.45) is 10.9 Å². The molecule has 0 aliphatic carbocycles. The second kappa shape index (κ2) is 11.9. The second-order valence-corrected chi connectivity index (χ2v) is 5.26. The maximum Gasteiger partial charge on any atom is 0.310 e. The maximum atomic E-state index is 11.4. The average molecular weight is 427 g/mol. The topological polar surface area (TPSA) is 63.2 Å². The summed E-state index contributed by atoms with van der Waals surface area (Å²) in [7, 11) is 1.41. The monoisotopic (exact) mass is 427 g/mol. The van der Waals surface area contributed by atoms with E-state index in [4.69, 9.17) is 9.47 Å². The van der Waals surface area contributed by atoms with Gasteiger partial charge < -0.3 is 19.7 Å². The van der Waals surface area contributed by atoms with Gasteiger partial charge >= 0.3 is 5.97 Å². The first-order chi connectivity index (χ1) is 10.1. The van der Waals surface area contributed by atoms with Gasteiger partial charge in [-0.05, 0) is 26.7 Å². The molecule has 0 aromatic heterocycles. The van der Waals surface area contributed by atoms with E-state index in [2.05, 4.69) is 15.2 Å². The highest BCUT2D eigenvalue weighted by Crippen LogP contribution is 2.14. The third-order valence-electron chi connectivity index (χ3n) is 3.60. The van der Waals surface area contributed by atoms with E-state index in [1.54, 1.807) is 0 Å². The van der Waals surface area contributed by atoms with Crippen LogP contribution in [-0.4, -0.2) is 62.8 Å². The van der Waals surface area contributed by atoms with Crippen LogP contribution < -0.4 is 5.32 Å². The number of piperidine rings is 1. The Bertz CT molecular complexity index is 345. The van der Waals surface area contributed by atoms with Crippen LogP contribution in [0.4, 0.5) is 0 Å². The van der Waals surface area contributed by atoms with Crippen LogP contribution in [0.1, 0.15) is 33.6 Å². The minimum Gasteiger partial charge on any atom is -0.469 e. The van der Waals surface area contributed by atoms with Crippen LogP contribution in [0.5, 0.6) is 0 Å². The molecule has 0 aromatic carbocycles. The molecule has 1 aliphatic heterocycles. The first-order valence-electron chi connectivity index (χ1n) is 7.85. The number of hydrogen-bond donors (Lipinski definition) is 1. The molecule has 1 heterocycles. The van der Waals surface area contributed by atoms with Crippen LogP contribution in [-0.2, 0) is 14.3 Å². The largest absolute Gasteiger partial charge is 0.469 e. The van der Waals surface area contributed by atoms with Crippen molar-refractivity contribution >= 4 is 35.9 Å². The highest BCUT2D eigenvalue weighted by Gasteiger charge is 2.22. The van der Waals surface area contributed by atoms with Gasteiger partial charge in [-0.1, -0.05) is 6.92 Å². The maximum absolute atomic E-state index is 11.4. The zero-order chi connectivity index (χ0) is 15.7. The Balaban J connectivity index is 0.00000441. The Morgan fingerprint density at radius 1 is 1.36 bits per heavy atom. The van der Waals surface area contributed by atoms with E-state index in [0.29, 0.717) is 12.6 Å². The van der Waals surface area contributed by atoms with Crippen molar-refractivity contribution in [1.82, 2.24) is 10.2 Å². The first kappa shape index (κ1) is 21.4. The normalized spacial score (nSPS) is 17.6. The number of aliphatic imine (C=N–C) groups is 1. The Kier molecular flexibility index (Phi) is 11.6. The molecule has 6 nitrogen and oxygen atoms in total. The quantitative estimate of drug-likeness (QED) is 0.304. The van der Waals surface area contributed by atoms with Gasteiger partial charge in [0.2, 0.25) is 0 Å². The lowest BCUT2D eigenvalue weighted by Crippen LogP contribution is -2.47. The Hall–Kier alpha value is -0.570. The summed E-state index contributed by atoms with van der Waals surface area (Å²) in [6, 6.07) is 0. The van der Waals surface area contributed by atoms with E-state index in [1.165, 1.54) is 7.11 Å². The number of esters is 1. The number of nitrogens with zero attached hydrogens (tertiary/aromatic N) is 2. The second-order valence-electron chi connectivity index (χ2n) is 5.26. The van der Waals surface area contributed by atoms with E-state index in [1.807, 2.05) is 20.8 Å². The molecule has 1 atom stereocenters. The number of nitrogens with one attached hydrogen (secondary N) is 1. The van der Waals surface area contributed by atoms with E-state index in [0.717, 1.165) is 45.0 Å². The third-order valence-corrected chi connectivity index (χ3v) is 3.60. The molecule has 130 valence electrons. The van der Waals surface area contributed by atoms with Crippen molar-refractivity contribution in [3.8, 4) is 0 Å². The smallest absolute Gasteiger partial charge is 0.310 e. The Morgan fingerprint density at radius 3 is 2.50 bits per heavy atom. The van der Waals surface area contributed by atoms with Gasteiger partial charge in [0.25, 0.3) is 0 Å². The molecule has 1 rings (SSSR count). The zero-order valence-corrected chi connectivity index (χ0v) is 16.5. The molecule has 0 saturated carbocycles. The van der Waals surface area contributed by atoms with Gasteiger partial charge in [-0.25, -0.2) is 0 Å². The van der Waals surface area contributed by atoms with Crippen LogP contribution >= 0.6 is 24.0 Å². The lowest BCUT2D eigenvalue weighted by Gasteiger charge is -2.34. The van der Waals surface area contributed by atoms with Gasteiger partial charge in [0.1, 0.15) is 0 Å². The molecular weight excluding hydrogens is 397 g/mol. The minimum absolute atomic E-state index is 0. The molecule has 0 amide bonds. The highest BCUT2D eigenvalue weighted by molar-refractivity contribution is 14.0. The number of halogens is 1. The zero-order valence-electron chi connectivity index (χ0n) is 14.1. The van der Waals surface area contributed by atoms with Crippen LogP contribution in [0.25, 0.3) is 0 Å². The van der Waals surface area contributed by atoms with E-state index in [9.17, 15) is 4.79 Å². The lowest BCUT2D eigenvalue weighted by molar-refractivity contribution is -0.144. The average Bonchev–Trinajstić information content (AvgIpc) is 2.51. The molecule has 1 N–H and O–H groups in total. The summed E-state index contributed by atoms with van der Waals surface area (Å²) in [6.45, 7) is 9.82. The highest BCUT2D eigenvalue weighted by atomic mass is 127. The van der Waals surface area contributed by atoms with Gasteiger partial charge in [0.15, 0.2) is 5.96 Å². The fourth-order valence-electron chi connectivity index (χ4n) is 2.39. The fourth-order valence-corrected chi connectivity index (χ4v) is 2.39. The molecule has 0 bridgehead atoms. The molecule has 1 fully saturated rings. The number of carbonyl (C=O) groups excluding carboxylic acids is 1. The molecule has 7 heteroatoms. The van der Waals surface area contributed by atoms with Crippen LogP contribution in [0.15, 0.2) is 4.99 Å². The molecule has 1 unspecified atom stereocenters. The van der Waals surface area contributed by atoms with Crippen molar-refractivity contribution in [3.63, 3.8) is 0 Å². The van der Waals surface area contributed by atoms with Crippen molar-refractivity contribution in [3.05, 3.63) is 0 Å². The SMILES string of the molecule is CCNC(=NCC(C)C(=O)OC)N1CCC(OCC)CC1.I. The van der Waals surface area contributed by atoms with Crippen molar-refractivity contribution in [1.29, 1.82) is 0 Å². The van der Waals surface area contributed by atoms with E-state index < -0.39 is 0 Å². The van der Waals surface area contributed by atoms with Crippen molar-refractivity contribution in [2.45, 2.75) is 39.7 Å². The summed E-state index contributed by atoms with van der Waals surface area (Å²) < 4.78 is 10.4. The summed E-state index contributed by atoms with van der Waals surface area (Å²) in [5, 5.41) is 3.29. The number of carbonyl (C=O) groups is 1.